The van der Waals surface area contributed by atoms with E-state index in [4.69, 9.17) is 4.98 Å². The minimum atomic E-state index is 0.935. The van der Waals surface area contributed by atoms with E-state index in [9.17, 15) is 0 Å². The molecule has 6 aromatic carbocycles. The minimum Gasteiger partial charge on any atom is -0.309 e. The molecular formula is C41H27N3. The Labute approximate surface area is 254 Å². The van der Waals surface area contributed by atoms with Crippen LogP contribution in [0.15, 0.2) is 164 Å². The van der Waals surface area contributed by atoms with Gasteiger partial charge in [0.2, 0.25) is 0 Å². The molecule has 0 amide bonds. The molecule has 3 aromatic heterocycles. The Kier molecular flexibility index (Phi) is 5.50. The van der Waals surface area contributed by atoms with E-state index in [1.807, 2.05) is 12.3 Å². The predicted octanol–water partition coefficient (Wildman–Crippen LogP) is 10.6. The van der Waals surface area contributed by atoms with Gasteiger partial charge in [-0.05, 0) is 65.2 Å². The van der Waals surface area contributed by atoms with E-state index in [2.05, 4.69) is 161 Å². The average molecular weight is 562 g/mol. The molecule has 3 heterocycles. The Balaban J connectivity index is 1.35. The number of para-hydroxylation sites is 2. The summed E-state index contributed by atoms with van der Waals surface area (Å²) in [5.74, 6) is 0.935. The summed E-state index contributed by atoms with van der Waals surface area (Å²) in [5, 5.41) is 4.98. The molecule has 0 saturated carbocycles. The number of fused-ring (bicyclic) bond motifs is 7. The lowest BCUT2D eigenvalue weighted by atomic mass is 10.1. The van der Waals surface area contributed by atoms with E-state index < -0.39 is 0 Å². The van der Waals surface area contributed by atoms with Crippen molar-refractivity contribution in [1.82, 2.24) is 14.1 Å². The molecule has 0 atom stereocenters. The largest absolute Gasteiger partial charge is 0.309 e. The van der Waals surface area contributed by atoms with Crippen LogP contribution in [-0.2, 0) is 0 Å². The lowest BCUT2D eigenvalue weighted by Gasteiger charge is -2.13. The molecule has 0 bridgehead atoms. The first-order valence-electron chi connectivity index (χ1n) is 15.0. The number of rotatable bonds is 4. The zero-order valence-corrected chi connectivity index (χ0v) is 23.9. The molecule has 0 spiro atoms. The first-order valence-corrected chi connectivity index (χ1v) is 15.0. The summed E-state index contributed by atoms with van der Waals surface area (Å²) in [6.45, 7) is 0. The van der Waals surface area contributed by atoms with Crippen LogP contribution < -0.4 is 0 Å². The molecular weight excluding hydrogens is 534 g/mol. The van der Waals surface area contributed by atoms with E-state index in [0.29, 0.717) is 0 Å². The van der Waals surface area contributed by atoms with Gasteiger partial charge in [-0.3, -0.25) is 4.57 Å². The van der Waals surface area contributed by atoms with Crippen LogP contribution in [0.25, 0.3) is 77.4 Å². The van der Waals surface area contributed by atoms with Gasteiger partial charge in [0.1, 0.15) is 5.82 Å². The molecule has 3 nitrogen and oxygen atoms in total. The van der Waals surface area contributed by atoms with Crippen molar-refractivity contribution in [2.24, 2.45) is 0 Å². The molecule has 0 saturated heterocycles. The van der Waals surface area contributed by atoms with Gasteiger partial charge in [-0.25, -0.2) is 4.98 Å². The lowest BCUT2D eigenvalue weighted by molar-refractivity contribution is 1.08. The third-order valence-corrected chi connectivity index (χ3v) is 8.79. The van der Waals surface area contributed by atoms with Gasteiger partial charge in [0.25, 0.3) is 0 Å². The Morgan fingerprint density at radius 3 is 1.55 bits per heavy atom. The first-order chi connectivity index (χ1) is 21.9. The van der Waals surface area contributed by atoms with Gasteiger partial charge >= 0.3 is 0 Å². The normalized spacial score (nSPS) is 11.6. The fourth-order valence-electron chi connectivity index (χ4n) is 6.88. The second-order valence-electron chi connectivity index (χ2n) is 11.2. The molecule has 0 radical (unpaired) electrons. The lowest BCUT2D eigenvalue weighted by Crippen LogP contribution is -2.00. The van der Waals surface area contributed by atoms with Gasteiger partial charge in [-0.2, -0.15) is 0 Å². The highest BCUT2D eigenvalue weighted by atomic mass is 15.1. The van der Waals surface area contributed by atoms with Crippen LogP contribution in [0.5, 0.6) is 0 Å². The number of aromatic nitrogens is 3. The fraction of sp³-hybridized carbons (Fsp3) is 0. The maximum atomic E-state index is 4.98. The van der Waals surface area contributed by atoms with Crippen LogP contribution in [-0.4, -0.2) is 14.1 Å². The Morgan fingerprint density at radius 2 is 0.886 bits per heavy atom. The zero-order chi connectivity index (χ0) is 29.0. The summed E-state index contributed by atoms with van der Waals surface area (Å²) in [6, 6.07) is 56.3. The van der Waals surface area contributed by atoms with Crippen LogP contribution in [0.2, 0.25) is 0 Å². The summed E-state index contributed by atoms with van der Waals surface area (Å²) in [4.78, 5) is 4.98. The van der Waals surface area contributed by atoms with Gasteiger partial charge in [0.05, 0.1) is 22.1 Å². The smallest absolute Gasteiger partial charge is 0.145 e. The molecule has 0 aliphatic rings. The third-order valence-electron chi connectivity index (χ3n) is 8.79. The number of hydrogen-bond donors (Lipinski definition) is 0. The van der Waals surface area contributed by atoms with Crippen molar-refractivity contribution in [1.29, 1.82) is 0 Å². The molecule has 0 aliphatic heterocycles. The average Bonchev–Trinajstić information content (AvgIpc) is 3.62. The third kappa shape index (κ3) is 3.66. The van der Waals surface area contributed by atoms with Gasteiger partial charge in [0, 0.05) is 39.0 Å². The van der Waals surface area contributed by atoms with Crippen molar-refractivity contribution < 1.29 is 0 Å². The van der Waals surface area contributed by atoms with Crippen LogP contribution in [0.4, 0.5) is 0 Å². The van der Waals surface area contributed by atoms with Crippen molar-refractivity contribution in [3.05, 3.63) is 164 Å². The number of hydrogen-bond acceptors (Lipinski definition) is 1. The highest BCUT2D eigenvalue weighted by Crippen LogP contribution is 2.43. The predicted molar refractivity (Wildman–Crippen MR) is 184 cm³/mol. The van der Waals surface area contributed by atoms with Crippen LogP contribution >= 0.6 is 0 Å². The Bertz CT molecular complexity index is 2470. The maximum absolute atomic E-state index is 4.98. The number of pyridine rings is 1. The molecule has 0 aliphatic carbocycles. The summed E-state index contributed by atoms with van der Waals surface area (Å²) in [6.07, 6.45) is 1.89. The molecule has 0 N–H and O–H groups in total. The van der Waals surface area contributed by atoms with E-state index in [-0.39, 0.29) is 0 Å². The quantitative estimate of drug-likeness (QED) is 0.210. The summed E-state index contributed by atoms with van der Waals surface area (Å²) in [7, 11) is 0. The highest BCUT2D eigenvalue weighted by Gasteiger charge is 2.22. The van der Waals surface area contributed by atoms with E-state index in [0.717, 1.165) is 33.7 Å². The van der Waals surface area contributed by atoms with Crippen LogP contribution in [0.3, 0.4) is 0 Å². The molecule has 0 unspecified atom stereocenters. The van der Waals surface area contributed by atoms with Gasteiger partial charge in [-0.1, -0.05) is 109 Å². The van der Waals surface area contributed by atoms with Crippen molar-refractivity contribution in [3.8, 4) is 33.8 Å². The zero-order valence-electron chi connectivity index (χ0n) is 23.9. The number of nitrogens with zero attached hydrogens (tertiary/aromatic N) is 3. The van der Waals surface area contributed by atoms with E-state index in [1.165, 1.54) is 43.7 Å². The van der Waals surface area contributed by atoms with Gasteiger partial charge < -0.3 is 4.57 Å². The maximum Gasteiger partial charge on any atom is 0.145 e. The molecule has 3 heteroatoms. The van der Waals surface area contributed by atoms with E-state index >= 15 is 0 Å². The molecule has 0 fully saturated rings. The second-order valence-corrected chi connectivity index (χ2v) is 11.2. The monoisotopic (exact) mass is 561 g/mol. The molecule has 44 heavy (non-hydrogen) atoms. The van der Waals surface area contributed by atoms with Crippen molar-refractivity contribution in [3.63, 3.8) is 0 Å². The van der Waals surface area contributed by atoms with Crippen molar-refractivity contribution in [2.45, 2.75) is 0 Å². The topological polar surface area (TPSA) is 22.8 Å². The van der Waals surface area contributed by atoms with Crippen LogP contribution in [0, 0.1) is 0 Å². The van der Waals surface area contributed by atoms with Crippen molar-refractivity contribution in [2.75, 3.05) is 0 Å². The summed E-state index contributed by atoms with van der Waals surface area (Å²) in [5.41, 5.74) is 10.5. The van der Waals surface area contributed by atoms with Crippen molar-refractivity contribution >= 4 is 43.6 Å². The van der Waals surface area contributed by atoms with E-state index in [1.54, 1.807) is 0 Å². The highest BCUT2D eigenvalue weighted by molar-refractivity contribution is 6.29. The molecule has 9 aromatic rings. The molecule has 9 rings (SSSR count). The number of benzene rings is 6. The van der Waals surface area contributed by atoms with Crippen LogP contribution in [0.1, 0.15) is 0 Å². The van der Waals surface area contributed by atoms with Gasteiger partial charge in [-0.15, -0.1) is 0 Å². The fourth-order valence-corrected chi connectivity index (χ4v) is 6.88. The Morgan fingerprint density at radius 1 is 0.364 bits per heavy atom. The Hall–Kier alpha value is -5.93. The summed E-state index contributed by atoms with van der Waals surface area (Å²) < 4.78 is 4.74. The first kappa shape index (κ1) is 24.6. The second kappa shape index (κ2) is 9.82. The standard InChI is InChI=1S/C41H27N3/c1-3-12-28(13-4-1)29-21-23-31(24-22-29)43-35-19-9-7-16-33(35)39-37(43)25-26-38-40(39)34-17-8-10-20-36(34)44(38)41-32(18-11-27-42-41)30-14-5-2-6-15-30/h1-27H. The van der Waals surface area contributed by atoms with Gasteiger partial charge in [0.15, 0.2) is 0 Å². The summed E-state index contributed by atoms with van der Waals surface area (Å²) >= 11 is 0. The molecule has 206 valence electrons. The SMILES string of the molecule is c1ccc(-c2ccc(-n3c4ccccc4c4c5c6ccccc6n(-c6ncccc6-c6ccccc6)c5ccc43)cc2)cc1. The minimum absolute atomic E-state index is 0.935.